The summed E-state index contributed by atoms with van der Waals surface area (Å²) in [7, 11) is 1.41. The van der Waals surface area contributed by atoms with Gasteiger partial charge in [0.25, 0.3) is 0 Å². The lowest BCUT2D eigenvalue weighted by Gasteiger charge is -2.65. The zero-order chi connectivity index (χ0) is 31.1. The Kier molecular flexibility index (Phi) is 7.24. The van der Waals surface area contributed by atoms with Crippen LogP contribution in [0.3, 0.4) is 0 Å². The molecule has 2 saturated heterocycles. The number of ether oxygens (including phenoxy) is 5. The third kappa shape index (κ3) is 4.13. The van der Waals surface area contributed by atoms with E-state index >= 15 is 0 Å². The Morgan fingerprint density at radius 1 is 1.09 bits per heavy atom. The van der Waals surface area contributed by atoms with Crippen LogP contribution in [-0.4, -0.2) is 62.1 Å². The summed E-state index contributed by atoms with van der Waals surface area (Å²) in [5.74, 6) is -1.54. The largest absolute Gasteiger partial charge is 0.472 e. The van der Waals surface area contributed by atoms with Crippen molar-refractivity contribution in [2.24, 2.45) is 28.1 Å². The van der Waals surface area contributed by atoms with Crippen LogP contribution in [-0.2, 0) is 38.1 Å². The normalized spacial score (nSPS) is 43.1. The Bertz CT molecular complexity index is 1380. The summed E-state index contributed by atoms with van der Waals surface area (Å²) in [5.41, 5.74) is 2.08. The Balaban J connectivity index is 1.55. The van der Waals surface area contributed by atoms with Crippen LogP contribution in [0, 0.1) is 28.1 Å². The molecule has 0 bridgehead atoms. The molecule has 43 heavy (non-hydrogen) atoms. The first-order valence-electron chi connectivity index (χ1n) is 15.4. The number of esters is 3. The zero-order valence-corrected chi connectivity index (χ0v) is 26.4. The number of furan rings is 1. The molecule has 0 N–H and O–H groups in total. The Hall–Kier alpha value is -2.91. The lowest BCUT2D eigenvalue weighted by atomic mass is 9.40. The highest BCUT2D eigenvalue weighted by atomic mass is 16.6. The van der Waals surface area contributed by atoms with E-state index in [1.807, 2.05) is 6.07 Å². The Morgan fingerprint density at radius 2 is 1.84 bits per heavy atom. The van der Waals surface area contributed by atoms with E-state index in [9.17, 15) is 14.4 Å². The molecule has 2 saturated carbocycles. The van der Waals surface area contributed by atoms with Crippen molar-refractivity contribution in [3.63, 3.8) is 0 Å². The number of rotatable bonds is 6. The summed E-state index contributed by atoms with van der Waals surface area (Å²) < 4.78 is 36.8. The van der Waals surface area contributed by atoms with E-state index in [0.717, 1.165) is 12.0 Å². The fourth-order valence-electron chi connectivity index (χ4n) is 10.0. The van der Waals surface area contributed by atoms with E-state index in [2.05, 4.69) is 27.7 Å². The summed E-state index contributed by atoms with van der Waals surface area (Å²) in [6.07, 6.45) is 4.39. The molecule has 11 atom stereocenters. The van der Waals surface area contributed by atoms with Crippen molar-refractivity contribution in [3.8, 4) is 0 Å². The van der Waals surface area contributed by atoms with Crippen LogP contribution in [0.4, 0.5) is 0 Å². The maximum Gasteiger partial charge on any atom is 0.333 e. The highest BCUT2D eigenvalue weighted by molar-refractivity contribution is 5.87. The second-order valence-electron chi connectivity index (χ2n) is 13.9. The lowest BCUT2D eigenvalue weighted by molar-refractivity contribution is -0.251. The molecule has 5 aliphatic rings. The molecule has 1 aromatic heterocycles. The van der Waals surface area contributed by atoms with Crippen LogP contribution in [0.1, 0.15) is 79.2 Å². The first-order valence-corrected chi connectivity index (χ1v) is 15.4. The highest BCUT2D eigenvalue weighted by Gasteiger charge is 2.78. The summed E-state index contributed by atoms with van der Waals surface area (Å²) in [6.45, 7) is 13.9. The predicted molar refractivity (Wildman–Crippen MR) is 155 cm³/mol. The number of allylic oxidation sites excluding steroid dienone is 2. The highest BCUT2D eigenvalue weighted by Crippen LogP contribution is 2.74. The number of carbonyl (C=O) groups is 3. The number of hydrogen-bond acceptors (Lipinski definition) is 9. The standard InChI is InChI=1S/C34H44O9/c1-9-17(2)31(37)43-25-14-24(41-19(4)35)32(5)16-40-28-29(32)33(25,6)23(13-26(36)38-8)34(7)27-18(3)21(20-10-11-39-15-20)12-22(27)42-30(28)34/h9-11,15,21-25,28-30H,12-14,16H2,1-8H3/b17-9+/t21-,22-,23+,24-,25+,28-,29+,30-,32-,33+,34-/m1/s1. The summed E-state index contributed by atoms with van der Waals surface area (Å²) in [5, 5.41) is 0. The molecule has 2 aliphatic heterocycles. The fraction of sp³-hybridized carbons (Fsp3) is 0.676. The molecule has 234 valence electrons. The van der Waals surface area contributed by atoms with Crippen LogP contribution < -0.4 is 0 Å². The van der Waals surface area contributed by atoms with Gasteiger partial charge in [-0.05, 0) is 50.3 Å². The van der Waals surface area contributed by atoms with E-state index < -0.39 is 40.4 Å². The van der Waals surface area contributed by atoms with Gasteiger partial charge in [0.2, 0.25) is 0 Å². The summed E-state index contributed by atoms with van der Waals surface area (Å²) >= 11 is 0. The second-order valence-corrected chi connectivity index (χ2v) is 13.9. The third-order valence-corrected chi connectivity index (χ3v) is 12.0. The number of carbonyl (C=O) groups excluding carboxylic acids is 3. The van der Waals surface area contributed by atoms with Crippen LogP contribution in [0.15, 0.2) is 45.8 Å². The molecule has 6 rings (SSSR count). The molecular formula is C34H44O9. The minimum absolute atomic E-state index is 0.122. The van der Waals surface area contributed by atoms with Crippen LogP contribution in [0.25, 0.3) is 0 Å². The Labute approximate surface area is 253 Å². The van der Waals surface area contributed by atoms with Gasteiger partial charge in [0.1, 0.15) is 12.2 Å². The minimum atomic E-state index is -0.741. The molecule has 0 spiro atoms. The van der Waals surface area contributed by atoms with Gasteiger partial charge in [-0.25, -0.2) is 4.79 Å². The van der Waals surface area contributed by atoms with E-state index in [0.29, 0.717) is 18.6 Å². The van der Waals surface area contributed by atoms with Gasteiger partial charge in [-0.15, -0.1) is 0 Å². The average Bonchev–Trinajstić information content (AvgIpc) is 3.73. The van der Waals surface area contributed by atoms with Crippen molar-refractivity contribution in [2.75, 3.05) is 13.7 Å². The lowest BCUT2D eigenvalue weighted by Crippen LogP contribution is -2.71. The molecule has 3 heterocycles. The van der Waals surface area contributed by atoms with Crippen LogP contribution in [0.2, 0.25) is 0 Å². The Morgan fingerprint density at radius 3 is 2.47 bits per heavy atom. The molecular weight excluding hydrogens is 552 g/mol. The van der Waals surface area contributed by atoms with Gasteiger partial charge < -0.3 is 28.1 Å². The van der Waals surface area contributed by atoms with Gasteiger partial charge in [0.15, 0.2) is 0 Å². The van der Waals surface area contributed by atoms with E-state index in [-0.39, 0.29) is 48.5 Å². The van der Waals surface area contributed by atoms with E-state index in [1.54, 1.807) is 32.4 Å². The smallest absolute Gasteiger partial charge is 0.333 e. The maximum absolute atomic E-state index is 13.4. The van der Waals surface area contributed by atoms with Crippen molar-refractivity contribution in [1.29, 1.82) is 0 Å². The van der Waals surface area contributed by atoms with Gasteiger partial charge in [0.05, 0.1) is 44.6 Å². The molecule has 9 nitrogen and oxygen atoms in total. The monoisotopic (exact) mass is 596 g/mol. The van der Waals surface area contributed by atoms with Gasteiger partial charge >= 0.3 is 17.9 Å². The number of methoxy groups -OCH3 is 1. The molecule has 1 aromatic rings. The fourth-order valence-corrected chi connectivity index (χ4v) is 10.0. The molecule has 0 amide bonds. The zero-order valence-electron chi connectivity index (χ0n) is 26.4. The first-order chi connectivity index (χ1) is 20.3. The molecule has 9 heteroatoms. The molecule has 0 radical (unpaired) electrons. The average molecular weight is 597 g/mol. The second kappa shape index (κ2) is 10.3. The van der Waals surface area contributed by atoms with Crippen molar-refractivity contribution < 1.29 is 42.5 Å². The van der Waals surface area contributed by atoms with E-state index in [1.165, 1.54) is 25.2 Å². The SMILES string of the molecule is C/C=C(\C)C(=O)O[C@H]1C[C@@H](OC(C)=O)[C@@]2(C)CO[C@H]3[C@H]4O[C@@H]5C[C@@H](c6ccoc6)C(C)=C5[C@@]4(C)[C@@H](CC(=O)OC)[C@]1(C)[C@@H]32. The topological polar surface area (TPSA) is 111 Å². The van der Waals surface area contributed by atoms with Gasteiger partial charge in [-0.1, -0.05) is 32.4 Å². The van der Waals surface area contributed by atoms with Crippen molar-refractivity contribution in [1.82, 2.24) is 0 Å². The summed E-state index contributed by atoms with van der Waals surface area (Å²) in [6, 6.07) is 2.00. The molecule has 0 aromatic carbocycles. The predicted octanol–water partition coefficient (Wildman–Crippen LogP) is 5.29. The maximum atomic E-state index is 13.4. The first kappa shape index (κ1) is 30.1. The number of hydrogen-bond donors (Lipinski definition) is 0. The van der Waals surface area contributed by atoms with Crippen molar-refractivity contribution in [2.45, 2.75) is 104 Å². The number of fused-ring (bicyclic) bond motifs is 4. The van der Waals surface area contributed by atoms with Crippen LogP contribution in [0.5, 0.6) is 0 Å². The van der Waals surface area contributed by atoms with Crippen molar-refractivity contribution >= 4 is 17.9 Å². The van der Waals surface area contributed by atoms with Crippen molar-refractivity contribution in [3.05, 3.63) is 47.0 Å². The molecule has 4 fully saturated rings. The summed E-state index contributed by atoms with van der Waals surface area (Å²) in [4.78, 5) is 39.0. The van der Waals surface area contributed by atoms with Crippen LogP contribution >= 0.6 is 0 Å². The van der Waals surface area contributed by atoms with Gasteiger partial charge in [-0.3, -0.25) is 9.59 Å². The minimum Gasteiger partial charge on any atom is -0.472 e. The molecule has 0 unspecified atom stereocenters. The molecule has 3 aliphatic carbocycles. The van der Waals surface area contributed by atoms with E-state index in [4.69, 9.17) is 28.1 Å². The quantitative estimate of drug-likeness (QED) is 0.187. The van der Waals surface area contributed by atoms with Gasteiger partial charge in [0, 0.05) is 53.4 Å². The van der Waals surface area contributed by atoms with Gasteiger partial charge in [-0.2, -0.15) is 0 Å². The third-order valence-electron chi connectivity index (χ3n) is 12.0.